The van der Waals surface area contributed by atoms with E-state index in [0.29, 0.717) is 12.6 Å². The summed E-state index contributed by atoms with van der Waals surface area (Å²) < 4.78 is 27.1. The summed E-state index contributed by atoms with van der Waals surface area (Å²) in [6.45, 7) is 2.37. The number of nitrogens with one attached hydrogen (secondary N) is 1. The van der Waals surface area contributed by atoms with Crippen LogP contribution in [-0.4, -0.2) is 53.1 Å². The lowest BCUT2D eigenvalue weighted by Gasteiger charge is -2.35. The van der Waals surface area contributed by atoms with Gasteiger partial charge in [-0.05, 0) is 25.8 Å². The fourth-order valence-electron chi connectivity index (χ4n) is 3.23. The first kappa shape index (κ1) is 16.4. The zero-order chi connectivity index (χ0) is 16.3. The van der Waals surface area contributed by atoms with Gasteiger partial charge in [0, 0.05) is 31.5 Å². The molecule has 1 atom stereocenters. The third-order valence-electron chi connectivity index (χ3n) is 4.35. The van der Waals surface area contributed by atoms with Gasteiger partial charge in [-0.2, -0.15) is 0 Å². The molecule has 1 saturated heterocycles. The van der Waals surface area contributed by atoms with Gasteiger partial charge in [0.05, 0.1) is 24.3 Å². The number of imidazole rings is 1. The Bertz CT molecular complexity index is 758. The molecule has 0 bridgehead atoms. The lowest BCUT2D eigenvalue weighted by atomic mass is 9.99. The molecule has 3 heterocycles. The number of hydrogen-bond acceptors (Lipinski definition) is 5. The van der Waals surface area contributed by atoms with Gasteiger partial charge in [-0.25, -0.2) is 18.1 Å². The SMILES string of the molecule is CS(=O)(=O)NCCC1CCCCN1Cc1cnc2cnccn12. The van der Waals surface area contributed by atoms with E-state index in [4.69, 9.17) is 0 Å². The van der Waals surface area contributed by atoms with Crippen molar-refractivity contribution in [3.63, 3.8) is 0 Å². The van der Waals surface area contributed by atoms with E-state index in [1.165, 1.54) is 19.1 Å². The Balaban J connectivity index is 1.66. The highest BCUT2D eigenvalue weighted by molar-refractivity contribution is 7.88. The molecule has 23 heavy (non-hydrogen) atoms. The van der Waals surface area contributed by atoms with Crippen molar-refractivity contribution in [2.45, 2.75) is 38.3 Å². The fraction of sp³-hybridized carbons (Fsp3) is 0.600. The Kier molecular flexibility index (Phi) is 4.93. The summed E-state index contributed by atoms with van der Waals surface area (Å²) >= 11 is 0. The monoisotopic (exact) mass is 337 g/mol. The fourth-order valence-corrected chi connectivity index (χ4v) is 3.71. The summed E-state index contributed by atoms with van der Waals surface area (Å²) in [7, 11) is -3.11. The molecule has 2 aromatic heterocycles. The van der Waals surface area contributed by atoms with Crippen LogP contribution < -0.4 is 4.72 Å². The Hall–Kier alpha value is -1.51. The molecule has 0 aliphatic carbocycles. The van der Waals surface area contributed by atoms with Crippen LogP contribution in [0, 0.1) is 0 Å². The third kappa shape index (κ3) is 4.27. The van der Waals surface area contributed by atoms with Crippen molar-refractivity contribution in [1.82, 2.24) is 24.0 Å². The maximum Gasteiger partial charge on any atom is 0.208 e. The second-order valence-corrected chi connectivity index (χ2v) is 7.96. The maximum absolute atomic E-state index is 11.2. The molecular formula is C15H23N5O2S. The highest BCUT2D eigenvalue weighted by atomic mass is 32.2. The van der Waals surface area contributed by atoms with Gasteiger partial charge in [-0.3, -0.25) is 14.3 Å². The van der Waals surface area contributed by atoms with E-state index in [1.54, 1.807) is 12.4 Å². The first-order chi connectivity index (χ1) is 11.0. The molecule has 8 heteroatoms. The van der Waals surface area contributed by atoms with Gasteiger partial charge in [0.25, 0.3) is 0 Å². The second kappa shape index (κ2) is 6.94. The highest BCUT2D eigenvalue weighted by Crippen LogP contribution is 2.22. The van der Waals surface area contributed by atoms with Crippen molar-refractivity contribution in [3.8, 4) is 0 Å². The minimum Gasteiger partial charge on any atom is -0.300 e. The zero-order valence-electron chi connectivity index (χ0n) is 13.4. The Morgan fingerprint density at radius 3 is 3.04 bits per heavy atom. The molecule has 0 spiro atoms. The van der Waals surface area contributed by atoms with Crippen LogP contribution in [0.2, 0.25) is 0 Å². The molecule has 126 valence electrons. The zero-order valence-corrected chi connectivity index (χ0v) is 14.2. The topological polar surface area (TPSA) is 79.6 Å². The summed E-state index contributed by atoms with van der Waals surface area (Å²) in [5.74, 6) is 0. The Morgan fingerprint density at radius 1 is 1.35 bits per heavy atom. The summed E-state index contributed by atoms with van der Waals surface area (Å²) in [5, 5.41) is 0. The standard InChI is InChI=1S/C15H23N5O2S/c1-23(21,22)18-6-5-13-4-2-3-8-19(13)12-14-10-17-15-11-16-7-9-20(14)15/h7,9-11,13,18H,2-6,8,12H2,1H3. The minimum atomic E-state index is -3.11. The number of likely N-dealkylation sites (tertiary alicyclic amines) is 1. The van der Waals surface area contributed by atoms with E-state index >= 15 is 0 Å². The first-order valence-corrected chi connectivity index (χ1v) is 9.87. The minimum absolute atomic E-state index is 0.408. The molecule has 1 aliphatic rings. The van der Waals surface area contributed by atoms with Crippen LogP contribution in [0.5, 0.6) is 0 Å². The van der Waals surface area contributed by atoms with Crippen LogP contribution in [0.1, 0.15) is 31.4 Å². The van der Waals surface area contributed by atoms with Gasteiger partial charge in [0.2, 0.25) is 10.0 Å². The Morgan fingerprint density at radius 2 is 2.22 bits per heavy atom. The van der Waals surface area contributed by atoms with Gasteiger partial charge >= 0.3 is 0 Å². The van der Waals surface area contributed by atoms with Crippen molar-refractivity contribution < 1.29 is 8.42 Å². The molecule has 1 fully saturated rings. The number of fused-ring (bicyclic) bond motifs is 1. The number of hydrogen-bond donors (Lipinski definition) is 1. The molecule has 2 aromatic rings. The van der Waals surface area contributed by atoms with Crippen molar-refractivity contribution in [2.24, 2.45) is 0 Å². The summed E-state index contributed by atoms with van der Waals surface area (Å²) in [5.41, 5.74) is 2.00. The maximum atomic E-state index is 11.2. The van der Waals surface area contributed by atoms with Crippen LogP contribution >= 0.6 is 0 Å². The number of nitrogens with zero attached hydrogens (tertiary/aromatic N) is 4. The van der Waals surface area contributed by atoms with Crippen LogP contribution in [0.15, 0.2) is 24.8 Å². The quantitative estimate of drug-likeness (QED) is 0.851. The second-order valence-electron chi connectivity index (χ2n) is 6.13. The molecule has 0 amide bonds. The molecule has 3 rings (SSSR count). The van der Waals surface area contributed by atoms with Crippen molar-refractivity contribution >= 4 is 15.7 Å². The summed E-state index contributed by atoms with van der Waals surface area (Å²) in [6.07, 6.45) is 12.9. The van der Waals surface area contributed by atoms with Gasteiger partial charge in [0.15, 0.2) is 5.65 Å². The van der Waals surface area contributed by atoms with Crippen molar-refractivity contribution in [2.75, 3.05) is 19.3 Å². The summed E-state index contributed by atoms with van der Waals surface area (Å²) in [6, 6.07) is 0.408. The normalized spacial score (nSPS) is 20.1. The molecule has 1 aliphatic heterocycles. The van der Waals surface area contributed by atoms with E-state index in [9.17, 15) is 8.42 Å². The largest absolute Gasteiger partial charge is 0.300 e. The van der Waals surface area contributed by atoms with Crippen LogP contribution in [-0.2, 0) is 16.6 Å². The highest BCUT2D eigenvalue weighted by Gasteiger charge is 2.23. The van der Waals surface area contributed by atoms with Crippen molar-refractivity contribution in [3.05, 3.63) is 30.5 Å². The average Bonchev–Trinajstić information content (AvgIpc) is 2.91. The van der Waals surface area contributed by atoms with Gasteiger partial charge in [-0.15, -0.1) is 0 Å². The van der Waals surface area contributed by atoms with E-state index in [1.807, 2.05) is 12.4 Å². The predicted octanol–water partition coefficient (Wildman–Crippen LogP) is 1.02. The molecule has 7 nitrogen and oxygen atoms in total. The number of rotatable bonds is 6. The average molecular weight is 337 g/mol. The first-order valence-electron chi connectivity index (χ1n) is 7.97. The predicted molar refractivity (Wildman–Crippen MR) is 88.5 cm³/mol. The lowest BCUT2D eigenvalue weighted by molar-refractivity contribution is 0.131. The van der Waals surface area contributed by atoms with Crippen LogP contribution in [0.25, 0.3) is 5.65 Å². The van der Waals surface area contributed by atoms with Crippen LogP contribution in [0.3, 0.4) is 0 Å². The Labute approximate surface area is 136 Å². The third-order valence-corrected chi connectivity index (χ3v) is 5.08. The molecule has 0 saturated carbocycles. The number of sulfonamides is 1. The lowest BCUT2D eigenvalue weighted by Crippen LogP contribution is -2.41. The molecule has 0 radical (unpaired) electrons. The summed E-state index contributed by atoms with van der Waals surface area (Å²) in [4.78, 5) is 10.9. The molecule has 1 N–H and O–H groups in total. The van der Waals surface area contributed by atoms with Gasteiger partial charge < -0.3 is 0 Å². The molecule has 0 aromatic carbocycles. The van der Waals surface area contributed by atoms with Gasteiger partial charge in [-0.1, -0.05) is 6.42 Å². The van der Waals surface area contributed by atoms with E-state index < -0.39 is 10.0 Å². The van der Waals surface area contributed by atoms with E-state index in [2.05, 4.69) is 24.0 Å². The van der Waals surface area contributed by atoms with E-state index in [0.717, 1.165) is 37.3 Å². The van der Waals surface area contributed by atoms with Gasteiger partial charge in [0.1, 0.15) is 0 Å². The molecule has 1 unspecified atom stereocenters. The smallest absolute Gasteiger partial charge is 0.208 e. The number of piperidine rings is 1. The van der Waals surface area contributed by atoms with Crippen molar-refractivity contribution in [1.29, 1.82) is 0 Å². The van der Waals surface area contributed by atoms with Crippen LogP contribution in [0.4, 0.5) is 0 Å². The molecular weight excluding hydrogens is 314 g/mol. The number of aromatic nitrogens is 3. The van der Waals surface area contributed by atoms with E-state index in [-0.39, 0.29) is 0 Å².